The topological polar surface area (TPSA) is 52.1 Å². The second-order valence-corrected chi connectivity index (χ2v) is 3.92. The predicted octanol–water partition coefficient (Wildman–Crippen LogP) is 3.11. The van der Waals surface area contributed by atoms with Gasteiger partial charge in [0.05, 0.1) is 17.1 Å². The van der Waals surface area contributed by atoms with Crippen LogP contribution in [0.3, 0.4) is 0 Å². The van der Waals surface area contributed by atoms with Crippen molar-refractivity contribution in [3.8, 4) is 0 Å². The Morgan fingerprint density at radius 3 is 2.94 bits per heavy atom. The van der Waals surface area contributed by atoms with Crippen LogP contribution in [0.5, 0.6) is 0 Å². The predicted molar refractivity (Wildman–Crippen MR) is 65.5 cm³/mol. The Balaban J connectivity index is 2.67. The van der Waals surface area contributed by atoms with Gasteiger partial charge in [0.15, 0.2) is 0 Å². The minimum Gasteiger partial charge on any atom is -0.462 e. The van der Waals surface area contributed by atoms with Gasteiger partial charge in [-0.05, 0) is 19.1 Å². The van der Waals surface area contributed by atoms with Gasteiger partial charge < -0.3 is 4.74 Å². The van der Waals surface area contributed by atoms with Crippen LogP contribution in [0.15, 0.2) is 18.3 Å². The quantitative estimate of drug-likeness (QED) is 0.622. The first kappa shape index (κ1) is 12.1. The molecule has 0 radical (unpaired) electrons. The third-order valence-electron chi connectivity index (χ3n) is 2.12. The Labute approximate surface area is 108 Å². The Hall–Kier alpha value is -1.39. The lowest BCUT2D eigenvalue weighted by atomic mass is 10.2. The maximum atomic E-state index is 11.7. The van der Waals surface area contributed by atoms with E-state index in [0.717, 1.165) is 0 Å². The summed E-state index contributed by atoms with van der Waals surface area (Å²) in [7, 11) is 0. The fourth-order valence-corrected chi connectivity index (χ4v) is 2.03. The van der Waals surface area contributed by atoms with Crippen molar-refractivity contribution in [3.63, 3.8) is 0 Å². The highest BCUT2D eigenvalue weighted by Gasteiger charge is 2.20. The van der Waals surface area contributed by atoms with E-state index in [1.54, 1.807) is 25.3 Å². The van der Waals surface area contributed by atoms with Gasteiger partial charge in [-0.3, -0.25) is 4.98 Å². The van der Waals surface area contributed by atoms with Crippen LogP contribution in [-0.2, 0) is 4.74 Å². The van der Waals surface area contributed by atoms with Crippen molar-refractivity contribution >= 4 is 40.2 Å². The molecule has 17 heavy (non-hydrogen) atoms. The van der Waals surface area contributed by atoms with Gasteiger partial charge in [0.1, 0.15) is 16.2 Å². The van der Waals surface area contributed by atoms with Gasteiger partial charge >= 0.3 is 5.97 Å². The van der Waals surface area contributed by atoms with Gasteiger partial charge in [0.25, 0.3) is 0 Å². The van der Waals surface area contributed by atoms with Gasteiger partial charge in [-0.1, -0.05) is 23.2 Å². The summed E-state index contributed by atoms with van der Waals surface area (Å²) >= 11 is 12.0. The van der Waals surface area contributed by atoms with Crippen LogP contribution in [0.4, 0.5) is 0 Å². The van der Waals surface area contributed by atoms with Crippen LogP contribution in [-0.4, -0.2) is 22.5 Å². The molecule has 6 heteroatoms. The molecule has 88 valence electrons. The lowest BCUT2D eigenvalue weighted by molar-refractivity contribution is 0.0526. The Kier molecular flexibility index (Phi) is 3.45. The van der Waals surface area contributed by atoms with Crippen LogP contribution in [0, 0.1) is 0 Å². The number of rotatable bonds is 2. The summed E-state index contributed by atoms with van der Waals surface area (Å²) in [6.45, 7) is 1.94. The van der Waals surface area contributed by atoms with Gasteiger partial charge in [0, 0.05) is 6.20 Å². The van der Waals surface area contributed by atoms with E-state index in [0.29, 0.717) is 11.0 Å². The normalized spacial score (nSPS) is 10.5. The van der Waals surface area contributed by atoms with Gasteiger partial charge in [-0.25, -0.2) is 9.78 Å². The summed E-state index contributed by atoms with van der Waals surface area (Å²) in [5.41, 5.74) is 1.03. The van der Waals surface area contributed by atoms with Crippen molar-refractivity contribution in [2.75, 3.05) is 6.61 Å². The number of pyridine rings is 2. The highest BCUT2D eigenvalue weighted by molar-refractivity contribution is 6.41. The summed E-state index contributed by atoms with van der Waals surface area (Å²) < 4.78 is 4.86. The summed E-state index contributed by atoms with van der Waals surface area (Å²) in [6.07, 6.45) is 1.57. The highest BCUT2D eigenvalue weighted by Crippen LogP contribution is 2.29. The van der Waals surface area contributed by atoms with Crippen molar-refractivity contribution in [1.82, 2.24) is 9.97 Å². The number of nitrogens with zero attached hydrogens (tertiary/aromatic N) is 2. The first-order chi connectivity index (χ1) is 8.15. The van der Waals surface area contributed by atoms with Crippen molar-refractivity contribution in [3.05, 3.63) is 34.1 Å². The molecule has 2 heterocycles. The summed E-state index contributed by atoms with van der Waals surface area (Å²) in [4.78, 5) is 19.8. The van der Waals surface area contributed by atoms with Crippen molar-refractivity contribution < 1.29 is 9.53 Å². The SMILES string of the molecule is CCOC(=O)c1c(Cl)nc2cccnc2c1Cl. The number of ether oxygens (including phenoxy) is 1. The van der Waals surface area contributed by atoms with E-state index in [1.165, 1.54) is 0 Å². The smallest absolute Gasteiger partial charge is 0.342 e. The zero-order chi connectivity index (χ0) is 12.4. The molecule has 0 aliphatic heterocycles. The lowest BCUT2D eigenvalue weighted by Gasteiger charge is -2.07. The Morgan fingerprint density at radius 1 is 1.47 bits per heavy atom. The molecule has 0 aliphatic rings. The van der Waals surface area contributed by atoms with Crippen molar-refractivity contribution in [1.29, 1.82) is 0 Å². The fraction of sp³-hybridized carbons (Fsp3) is 0.182. The maximum Gasteiger partial charge on any atom is 0.342 e. The third kappa shape index (κ3) is 2.18. The molecule has 2 aromatic rings. The van der Waals surface area contributed by atoms with Crippen LogP contribution >= 0.6 is 23.2 Å². The van der Waals surface area contributed by atoms with E-state index in [9.17, 15) is 4.79 Å². The lowest BCUT2D eigenvalue weighted by Crippen LogP contribution is -2.08. The van der Waals surface area contributed by atoms with Crippen molar-refractivity contribution in [2.24, 2.45) is 0 Å². The molecule has 0 saturated heterocycles. The van der Waals surface area contributed by atoms with E-state index in [-0.39, 0.29) is 22.3 Å². The van der Waals surface area contributed by atoms with E-state index < -0.39 is 5.97 Å². The third-order valence-corrected chi connectivity index (χ3v) is 2.76. The van der Waals surface area contributed by atoms with Crippen LogP contribution < -0.4 is 0 Å². The molecule has 0 amide bonds. The average Bonchev–Trinajstić information content (AvgIpc) is 2.29. The molecule has 0 N–H and O–H groups in total. The number of hydrogen-bond donors (Lipinski definition) is 0. The number of aromatic nitrogens is 2. The second-order valence-electron chi connectivity index (χ2n) is 3.18. The molecular weight excluding hydrogens is 263 g/mol. The molecule has 0 unspecified atom stereocenters. The second kappa shape index (κ2) is 4.85. The van der Waals surface area contributed by atoms with E-state index >= 15 is 0 Å². The summed E-state index contributed by atoms with van der Waals surface area (Å²) in [6, 6.07) is 3.43. The standard InChI is InChI=1S/C11H8Cl2N2O2/c1-2-17-11(16)7-8(12)9-6(15-10(7)13)4-3-5-14-9/h3-5H,2H2,1H3. The van der Waals surface area contributed by atoms with Crippen LogP contribution in [0.1, 0.15) is 17.3 Å². The average molecular weight is 271 g/mol. The van der Waals surface area contributed by atoms with E-state index in [1.807, 2.05) is 0 Å². The number of halogens is 2. The highest BCUT2D eigenvalue weighted by atomic mass is 35.5. The number of fused-ring (bicyclic) bond motifs is 1. The molecule has 0 aromatic carbocycles. The molecule has 0 spiro atoms. The first-order valence-electron chi connectivity index (χ1n) is 4.92. The molecular formula is C11H8Cl2N2O2. The number of hydrogen-bond acceptors (Lipinski definition) is 4. The van der Waals surface area contributed by atoms with E-state index in [4.69, 9.17) is 27.9 Å². The van der Waals surface area contributed by atoms with E-state index in [2.05, 4.69) is 9.97 Å². The van der Waals surface area contributed by atoms with Crippen molar-refractivity contribution in [2.45, 2.75) is 6.92 Å². The monoisotopic (exact) mass is 270 g/mol. The molecule has 0 fully saturated rings. The van der Waals surface area contributed by atoms with Gasteiger partial charge in [0.2, 0.25) is 0 Å². The summed E-state index contributed by atoms with van der Waals surface area (Å²) in [5.74, 6) is -0.595. The maximum absolute atomic E-state index is 11.7. The minimum absolute atomic E-state index is 0.0222. The molecule has 0 aliphatic carbocycles. The molecule has 2 rings (SSSR count). The minimum atomic E-state index is -0.595. The molecule has 2 aromatic heterocycles. The van der Waals surface area contributed by atoms with Gasteiger partial charge in [-0.2, -0.15) is 0 Å². The molecule has 0 saturated carbocycles. The number of carbonyl (C=O) groups excluding carboxylic acids is 1. The van der Waals surface area contributed by atoms with Gasteiger partial charge in [-0.15, -0.1) is 0 Å². The zero-order valence-electron chi connectivity index (χ0n) is 8.91. The largest absolute Gasteiger partial charge is 0.462 e. The first-order valence-corrected chi connectivity index (χ1v) is 5.67. The number of esters is 1. The summed E-state index contributed by atoms with van der Waals surface area (Å²) in [5, 5.41) is 0.188. The number of carbonyl (C=O) groups is 1. The molecule has 0 atom stereocenters. The Morgan fingerprint density at radius 2 is 2.24 bits per heavy atom. The zero-order valence-corrected chi connectivity index (χ0v) is 10.4. The van der Waals surface area contributed by atoms with Crippen LogP contribution in [0.2, 0.25) is 10.2 Å². The fourth-order valence-electron chi connectivity index (χ4n) is 1.40. The Bertz CT molecular complexity index is 587. The molecule has 4 nitrogen and oxygen atoms in total. The molecule has 0 bridgehead atoms. The van der Waals surface area contributed by atoms with Crippen LogP contribution in [0.25, 0.3) is 11.0 Å².